The van der Waals surface area contributed by atoms with Crippen molar-refractivity contribution in [3.05, 3.63) is 82.6 Å². The van der Waals surface area contributed by atoms with Crippen molar-refractivity contribution in [3.8, 4) is 5.69 Å². The van der Waals surface area contributed by atoms with Crippen LogP contribution in [-0.4, -0.2) is 27.6 Å². The van der Waals surface area contributed by atoms with Crippen LogP contribution >= 0.6 is 11.6 Å². The highest BCUT2D eigenvalue weighted by Gasteiger charge is 2.37. The van der Waals surface area contributed by atoms with Crippen molar-refractivity contribution in [1.82, 2.24) is 15.1 Å². The molecule has 0 bridgehead atoms. The predicted octanol–water partition coefficient (Wildman–Crippen LogP) is 3.50. The van der Waals surface area contributed by atoms with Crippen molar-refractivity contribution in [2.45, 2.75) is 6.92 Å². The number of amides is 4. The molecule has 0 aliphatic carbocycles. The Labute approximate surface area is 171 Å². The van der Waals surface area contributed by atoms with Crippen molar-refractivity contribution < 1.29 is 14.4 Å². The lowest BCUT2D eigenvalue weighted by atomic mass is 10.1. The van der Waals surface area contributed by atoms with Crippen molar-refractivity contribution in [2.24, 2.45) is 0 Å². The highest BCUT2D eigenvalue weighted by atomic mass is 35.5. The van der Waals surface area contributed by atoms with Crippen LogP contribution in [0.5, 0.6) is 0 Å². The molecule has 1 aliphatic rings. The normalized spacial score (nSPS) is 15.7. The molecule has 0 unspecified atom stereocenters. The zero-order valence-corrected chi connectivity index (χ0v) is 16.1. The molecule has 3 aromatic rings. The predicted molar refractivity (Wildman–Crippen MR) is 109 cm³/mol. The number of imide groups is 2. The second-order valence-electron chi connectivity index (χ2n) is 6.33. The van der Waals surface area contributed by atoms with E-state index in [4.69, 9.17) is 11.6 Å². The lowest BCUT2D eigenvalue weighted by Crippen LogP contribution is -2.54. The summed E-state index contributed by atoms with van der Waals surface area (Å²) in [5.74, 6) is -1.51. The molecule has 29 heavy (non-hydrogen) atoms. The summed E-state index contributed by atoms with van der Waals surface area (Å²) in [7, 11) is 0. The molecule has 4 rings (SSSR count). The minimum Gasteiger partial charge on any atom is -0.273 e. The van der Waals surface area contributed by atoms with Gasteiger partial charge in [-0.05, 0) is 37.3 Å². The molecule has 7 nitrogen and oxygen atoms in total. The minimum absolute atomic E-state index is 0.203. The van der Waals surface area contributed by atoms with Gasteiger partial charge in [-0.15, -0.1) is 0 Å². The van der Waals surface area contributed by atoms with E-state index < -0.39 is 17.8 Å². The number of aromatic nitrogens is 2. The number of carbonyl (C=O) groups is 3. The zero-order chi connectivity index (χ0) is 20.5. The average Bonchev–Trinajstić information content (AvgIpc) is 3.00. The van der Waals surface area contributed by atoms with Gasteiger partial charge >= 0.3 is 6.03 Å². The summed E-state index contributed by atoms with van der Waals surface area (Å²) in [4.78, 5) is 38.5. The minimum atomic E-state index is -0.800. The van der Waals surface area contributed by atoms with Crippen molar-refractivity contribution >= 4 is 41.2 Å². The Bertz CT molecular complexity index is 1150. The summed E-state index contributed by atoms with van der Waals surface area (Å²) in [5.41, 5.74) is 1.86. The second kappa shape index (κ2) is 7.37. The van der Waals surface area contributed by atoms with E-state index in [0.717, 1.165) is 10.6 Å². The summed E-state index contributed by atoms with van der Waals surface area (Å²) in [6.45, 7) is 1.73. The second-order valence-corrected chi connectivity index (χ2v) is 6.69. The highest BCUT2D eigenvalue weighted by Crippen LogP contribution is 2.28. The molecule has 1 saturated heterocycles. The Hall–Kier alpha value is -3.71. The molecule has 1 aliphatic heterocycles. The molecule has 0 spiro atoms. The molecule has 2 heterocycles. The number of benzene rings is 2. The third-order valence-corrected chi connectivity index (χ3v) is 4.82. The molecule has 1 aromatic heterocycles. The van der Waals surface area contributed by atoms with E-state index in [1.54, 1.807) is 37.3 Å². The average molecular weight is 407 g/mol. The maximum Gasteiger partial charge on any atom is 0.335 e. The van der Waals surface area contributed by atoms with Crippen LogP contribution in [0.4, 0.5) is 10.5 Å². The van der Waals surface area contributed by atoms with Crippen LogP contribution in [0.2, 0.25) is 5.15 Å². The van der Waals surface area contributed by atoms with Crippen LogP contribution in [0.1, 0.15) is 11.3 Å². The van der Waals surface area contributed by atoms with E-state index in [2.05, 4.69) is 10.4 Å². The number of barbiturate groups is 1. The molecular formula is C21H15ClN4O3. The van der Waals surface area contributed by atoms with E-state index in [9.17, 15) is 14.4 Å². The lowest BCUT2D eigenvalue weighted by Gasteiger charge is -2.26. The third kappa shape index (κ3) is 3.32. The van der Waals surface area contributed by atoms with Gasteiger partial charge in [0.2, 0.25) is 0 Å². The number of urea groups is 1. The number of anilines is 1. The maximum absolute atomic E-state index is 13.0. The fourth-order valence-corrected chi connectivity index (χ4v) is 3.36. The first-order chi connectivity index (χ1) is 14.0. The van der Waals surface area contributed by atoms with E-state index >= 15 is 0 Å². The molecule has 4 amide bonds. The maximum atomic E-state index is 13.0. The van der Waals surface area contributed by atoms with Crippen LogP contribution in [0.3, 0.4) is 0 Å². The number of aryl methyl sites for hydroxylation is 1. The fourth-order valence-electron chi connectivity index (χ4n) is 3.03. The van der Waals surface area contributed by atoms with Crippen molar-refractivity contribution in [3.63, 3.8) is 0 Å². The van der Waals surface area contributed by atoms with Crippen LogP contribution < -0.4 is 10.2 Å². The summed E-state index contributed by atoms with van der Waals surface area (Å²) in [5, 5.41) is 6.85. The first kappa shape index (κ1) is 18.6. The molecule has 0 atom stereocenters. The molecule has 0 radical (unpaired) electrons. The first-order valence-corrected chi connectivity index (χ1v) is 9.12. The number of rotatable bonds is 3. The van der Waals surface area contributed by atoms with E-state index in [1.807, 2.05) is 30.3 Å². The molecule has 0 saturated carbocycles. The van der Waals surface area contributed by atoms with Crippen LogP contribution in [-0.2, 0) is 9.59 Å². The Morgan fingerprint density at radius 1 is 0.931 bits per heavy atom. The summed E-state index contributed by atoms with van der Waals surface area (Å²) < 4.78 is 1.52. The van der Waals surface area contributed by atoms with Crippen molar-refractivity contribution in [2.75, 3.05) is 4.90 Å². The zero-order valence-electron chi connectivity index (χ0n) is 15.3. The Morgan fingerprint density at radius 3 is 2.14 bits per heavy atom. The Morgan fingerprint density at radius 2 is 1.52 bits per heavy atom. The molecule has 2 aromatic carbocycles. The van der Waals surface area contributed by atoms with Gasteiger partial charge in [-0.1, -0.05) is 48.0 Å². The van der Waals surface area contributed by atoms with Gasteiger partial charge in [0.1, 0.15) is 10.7 Å². The standard InChI is InChI=1S/C21H15ClN4O3/c1-13-16(18(22)26(24-13)15-10-6-3-7-11-15)12-17-19(27)23-21(29)25(20(17)28)14-8-4-2-5-9-14/h2-12H,1H3,(H,23,27,29)/b17-12+. The Balaban J connectivity index is 1.78. The van der Waals surface area contributed by atoms with Gasteiger partial charge in [0.25, 0.3) is 11.8 Å². The molecular weight excluding hydrogens is 392 g/mol. The van der Waals surface area contributed by atoms with Gasteiger partial charge < -0.3 is 0 Å². The number of nitrogens with one attached hydrogen (secondary N) is 1. The first-order valence-electron chi connectivity index (χ1n) is 8.74. The van der Waals surface area contributed by atoms with Gasteiger partial charge in [0.15, 0.2) is 0 Å². The summed E-state index contributed by atoms with van der Waals surface area (Å²) in [6.07, 6.45) is 1.37. The van der Waals surface area contributed by atoms with Gasteiger partial charge in [-0.3, -0.25) is 14.9 Å². The van der Waals surface area contributed by atoms with Crippen molar-refractivity contribution in [1.29, 1.82) is 0 Å². The number of nitrogens with zero attached hydrogens (tertiary/aromatic N) is 3. The number of halogens is 1. The smallest absolute Gasteiger partial charge is 0.273 e. The van der Waals surface area contributed by atoms with Crippen LogP contribution in [0.15, 0.2) is 66.2 Å². The summed E-state index contributed by atoms with van der Waals surface area (Å²) in [6, 6.07) is 16.8. The van der Waals surface area contributed by atoms with Crippen LogP contribution in [0, 0.1) is 6.92 Å². The number of para-hydroxylation sites is 2. The van der Waals surface area contributed by atoms with E-state index in [1.165, 1.54) is 10.8 Å². The van der Waals surface area contributed by atoms with E-state index in [-0.39, 0.29) is 10.7 Å². The number of hydrogen-bond acceptors (Lipinski definition) is 4. The monoisotopic (exact) mass is 406 g/mol. The molecule has 8 heteroatoms. The van der Waals surface area contributed by atoms with Gasteiger partial charge in [-0.2, -0.15) is 5.10 Å². The summed E-state index contributed by atoms with van der Waals surface area (Å²) >= 11 is 6.49. The van der Waals surface area contributed by atoms with Gasteiger partial charge in [0.05, 0.1) is 17.1 Å². The Kier molecular flexibility index (Phi) is 4.74. The largest absolute Gasteiger partial charge is 0.335 e. The highest BCUT2D eigenvalue weighted by molar-refractivity contribution is 6.39. The van der Waals surface area contributed by atoms with Crippen LogP contribution in [0.25, 0.3) is 11.8 Å². The third-order valence-electron chi connectivity index (χ3n) is 4.45. The molecule has 144 valence electrons. The number of hydrogen-bond donors (Lipinski definition) is 1. The van der Waals surface area contributed by atoms with E-state index in [0.29, 0.717) is 16.9 Å². The van der Waals surface area contributed by atoms with Gasteiger partial charge in [0, 0.05) is 5.56 Å². The SMILES string of the molecule is Cc1nn(-c2ccccc2)c(Cl)c1/C=C1\C(=O)NC(=O)N(c2ccccc2)C1=O. The quantitative estimate of drug-likeness (QED) is 0.533. The topological polar surface area (TPSA) is 84.3 Å². The fraction of sp³-hybridized carbons (Fsp3) is 0.0476. The molecule has 1 fully saturated rings. The number of carbonyl (C=O) groups excluding carboxylic acids is 3. The van der Waals surface area contributed by atoms with Gasteiger partial charge in [-0.25, -0.2) is 14.4 Å². The lowest BCUT2D eigenvalue weighted by molar-refractivity contribution is -0.122. The molecule has 1 N–H and O–H groups in total.